The molecule has 0 spiro atoms. The third-order valence-corrected chi connectivity index (χ3v) is 4.70. The van der Waals surface area contributed by atoms with E-state index in [0.29, 0.717) is 5.41 Å². The standard InChI is InChI=1S/C18H20FN5/c19-16-3-1-14(2-4-16)17-15(10-22-23-17)9-21-11-18(5-6-18)12-24-8-7-20-13-24/h1-4,7-8,10,13,21H,5-6,9,11-12H2,(H,22,23). The highest BCUT2D eigenvalue weighted by Gasteiger charge is 2.42. The number of hydrogen-bond acceptors (Lipinski definition) is 3. The van der Waals surface area contributed by atoms with Crippen molar-refractivity contribution in [3.8, 4) is 11.3 Å². The maximum atomic E-state index is 13.1. The summed E-state index contributed by atoms with van der Waals surface area (Å²) in [6.45, 7) is 2.73. The summed E-state index contributed by atoms with van der Waals surface area (Å²) in [5.74, 6) is -0.229. The van der Waals surface area contributed by atoms with E-state index in [2.05, 4.69) is 25.1 Å². The summed E-state index contributed by atoms with van der Waals surface area (Å²) in [7, 11) is 0. The first kappa shape index (κ1) is 15.1. The fourth-order valence-corrected chi connectivity index (χ4v) is 3.11. The number of benzene rings is 1. The first-order valence-corrected chi connectivity index (χ1v) is 8.19. The lowest BCUT2D eigenvalue weighted by molar-refractivity contribution is 0.392. The van der Waals surface area contributed by atoms with Crippen LogP contribution < -0.4 is 5.32 Å². The second-order valence-electron chi connectivity index (χ2n) is 6.62. The lowest BCUT2D eigenvalue weighted by atomic mass is 10.1. The van der Waals surface area contributed by atoms with Gasteiger partial charge in [0, 0.05) is 48.6 Å². The summed E-state index contributed by atoms with van der Waals surface area (Å²) < 4.78 is 15.2. The molecule has 4 rings (SSSR count). The van der Waals surface area contributed by atoms with Crippen LogP contribution in [-0.4, -0.2) is 26.3 Å². The Hall–Kier alpha value is -2.47. The van der Waals surface area contributed by atoms with Gasteiger partial charge in [0.25, 0.3) is 0 Å². The van der Waals surface area contributed by atoms with Gasteiger partial charge in [-0.2, -0.15) is 5.10 Å². The average Bonchev–Trinajstić information content (AvgIpc) is 2.99. The molecule has 1 saturated carbocycles. The molecule has 1 fully saturated rings. The van der Waals surface area contributed by atoms with Gasteiger partial charge in [-0.1, -0.05) is 0 Å². The zero-order chi connectivity index (χ0) is 16.4. The van der Waals surface area contributed by atoms with E-state index >= 15 is 0 Å². The van der Waals surface area contributed by atoms with Crippen LogP contribution in [0, 0.1) is 11.2 Å². The molecule has 1 aliphatic carbocycles. The summed E-state index contributed by atoms with van der Waals surface area (Å²) in [5.41, 5.74) is 3.34. The summed E-state index contributed by atoms with van der Waals surface area (Å²) in [4.78, 5) is 4.11. The molecule has 2 heterocycles. The number of halogens is 1. The van der Waals surface area contributed by atoms with E-state index in [1.54, 1.807) is 12.1 Å². The number of hydrogen-bond donors (Lipinski definition) is 2. The van der Waals surface area contributed by atoms with Crippen molar-refractivity contribution in [3.05, 3.63) is 60.6 Å². The lowest BCUT2D eigenvalue weighted by Gasteiger charge is -2.16. The Bertz CT molecular complexity index is 787. The van der Waals surface area contributed by atoms with Gasteiger partial charge >= 0.3 is 0 Å². The zero-order valence-electron chi connectivity index (χ0n) is 13.4. The Morgan fingerprint density at radius 3 is 2.79 bits per heavy atom. The number of nitrogens with zero attached hydrogens (tertiary/aromatic N) is 3. The molecule has 3 aromatic rings. The van der Waals surface area contributed by atoms with Gasteiger partial charge < -0.3 is 9.88 Å². The molecule has 0 bridgehead atoms. The molecule has 1 aliphatic rings. The van der Waals surface area contributed by atoms with E-state index in [9.17, 15) is 4.39 Å². The van der Waals surface area contributed by atoms with E-state index in [1.165, 1.54) is 25.0 Å². The van der Waals surface area contributed by atoms with Crippen molar-refractivity contribution in [3.63, 3.8) is 0 Å². The lowest BCUT2D eigenvalue weighted by Crippen LogP contribution is -2.26. The van der Waals surface area contributed by atoms with Gasteiger partial charge in [-0.3, -0.25) is 5.10 Å². The molecule has 0 amide bonds. The van der Waals surface area contributed by atoms with Crippen LogP contribution in [-0.2, 0) is 13.1 Å². The number of aromatic nitrogens is 4. The van der Waals surface area contributed by atoms with Gasteiger partial charge in [-0.15, -0.1) is 0 Å². The van der Waals surface area contributed by atoms with E-state index in [4.69, 9.17) is 0 Å². The molecule has 6 heteroatoms. The Morgan fingerprint density at radius 2 is 2.08 bits per heavy atom. The van der Waals surface area contributed by atoms with Crippen molar-refractivity contribution in [2.24, 2.45) is 5.41 Å². The number of H-pyrrole nitrogens is 1. The summed E-state index contributed by atoms with van der Waals surface area (Å²) in [6, 6.07) is 6.48. The Labute approximate surface area is 139 Å². The van der Waals surface area contributed by atoms with Crippen molar-refractivity contribution >= 4 is 0 Å². The molecule has 5 nitrogen and oxygen atoms in total. The predicted octanol–water partition coefficient (Wildman–Crippen LogP) is 2.98. The quantitative estimate of drug-likeness (QED) is 0.702. The largest absolute Gasteiger partial charge is 0.337 e. The van der Waals surface area contributed by atoms with Crippen LogP contribution in [0.5, 0.6) is 0 Å². The molecule has 0 saturated heterocycles. The average molecular weight is 325 g/mol. The van der Waals surface area contributed by atoms with Crippen molar-refractivity contribution in [1.29, 1.82) is 0 Å². The van der Waals surface area contributed by atoms with Crippen LogP contribution in [0.3, 0.4) is 0 Å². The highest BCUT2D eigenvalue weighted by molar-refractivity contribution is 5.62. The monoisotopic (exact) mass is 325 g/mol. The van der Waals surface area contributed by atoms with E-state index in [-0.39, 0.29) is 5.82 Å². The van der Waals surface area contributed by atoms with Gasteiger partial charge in [0.1, 0.15) is 5.82 Å². The number of imidazole rings is 1. The minimum Gasteiger partial charge on any atom is -0.337 e. The molecule has 2 N–H and O–H groups in total. The molecule has 124 valence electrons. The van der Waals surface area contributed by atoms with Crippen molar-refractivity contribution < 1.29 is 4.39 Å². The van der Waals surface area contributed by atoms with Crippen LogP contribution >= 0.6 is 0 Å². The molecule has 0 radical (unpaired) electrons. The van der Waals surface area contributed by atoms with Gasteiger partial charge in [0.05, 0.1) is 18.2 Å². The molecule has 0 unspecified atom stereocenters. The van der Waals surface area contributed by atoms with E-state index in [0.717, 1.165) is 36.5 Å². The first-order valence-electron chi connectivity index (χ1n) is 8.19. The first-order chi connectivity index (χ1) is 11.7. The minimum absolute atomic E-state index is 0.229. The molecule has 24 heavy (non-hydrogen) atoms. The SMILES string of the molecule is Fc1ccc(-c2[nH]ncc2CNCC2(Cn3ccnc3)CC2)cc1. The second-order valence-corrected chi connectivity index (χ2v) is 6.62. The van der Waals surface area contributed by atoms with Crippen LogP contribution in [0.15, 0.2) is 49.2 Å². The number of nitrogens with one attached hydrogen (secondary N) is 2. The highest BCUT2D eigenvalue weighted by Crippen LogP contribution is 2.46. The normalized spacial score (nSPS) is 15.5. The van der Waals surface area contributed by atoms with Crippen molar-refractivity contribution in [2.45, 2.75) is 25.9 Å². The fraction of sp³-hybridized carbons (Fsp3) is 0.333. The van der Waals surface area contributed by atoms with E-state index in [1.807, 2.05) is 24.9 Å². The van der Waals surface area contributed by atoms with Gasteiger partial charge in [0.2, 0.25) is 0 Å². The molecular formula is C18H20FN5. The third kappa shape index (κ3) is 3.23. The van der Waals surface area contributed by atoms with Crippen LogP contribution in [0.25, 0.3) is 11.3 Å². The zero-order valence-corrected chi connectivity index (χ0v) is 13.4. The smallest absolute Gasteiger partial charge is 0.123 e. The molecular weight excluding hydrogens is 305 g/mol. The number of aromatic amines is 1. The van der Waals surface area contributed by atoms with Gasteiger partial charge in [0.15, 0.2) is 0 Å². The molecule has 2 aromatic heterocycles. The highest BCUT2D eigenvalue weighted by atomic mass is 19.1. The minimum atomic E-state index is -0.229. The third-order valence-electron chi connectivity index (χ3n) is 4.70. The summed E-state index contributed by atoms with van der Waals surface area (Å²) in [5, 5.41) is 10.7. The molecule has 0 atom stereocenters. The van der Waals surface area contributed by atoms with E-state index < -0.39 is 0 Å². The number of rotatable bonds is 7. The van der Waals surface area contributed by atoms with Gasteiger partial charge in [-0.05, 0) is 37.1 Å². The summed E-state index contributed by atoms with van der Waals surface area (Å²) >= 11 is 0. The second kappa shape index (κ2) is 6.20. The summed E-state index contributed by atoms with van der Waals surface area (Å²) in [6.07, 6.45) is 10.0. The Kier molecular flexibility index (Phi) is 3.90. The fourth-order valence-electron chi connectivity index (χ4n) is 3.11. The Morgan fingerprint density at radius 1 is 1.25 bits per heavy atom. The van der Waals surface area contributed by atoms with Gasteiger partial charge in [-0.25, -0.2) is 9.37 Å². The van der Waals surface area contributed by atoms with Crippen LogP contribution in [0.4, 0.5) is 4.39 Å². The van der Waals surface area contributed by atoms with Crippen LogP contribution in [0.1, 0.15) is 18.4 Å². The van der Waals surface area contributed by atoms with Crippen LogP contribution in [0.2, 0.25) is 0 Å². The molecule has 0 aliphatic heterocycles. The molecule has 1 aromatic carbocycles. The topological polar surface area (TPSA) is 58.5 Å². The Balaban J connectivity index is 1.37. The maximum Gasteiger partial charge on any atom is 0.123 e. The maximum absolute atomic E-state index is 13.1. The van der Waals surface area contributed by atoms with Crippen molar-refractivity contribution in [2.75, 3.05) is 6.54 Å². The van der Waals surface area contributed by atoms with Crippen molar-refractivity contribution in [1.82, 2.24) is 25.1 Å². The predicted molar refractivity (Wildman–Crippen MR) is 89.6 cm³/mol.